The van der Waals surface area contributed by atoms with Gasteiger partial charge in [0.2, 0.25) is 5.75 Å². The summed E-state index contributed by atoms with van der Waals surface area (Å²) in [6.07, 6.45) is 2.04. The van der Waals surface area contributed by atoms with Gasteiger partial charge in [0, 0.05) is 4.90 Å². The van der Waals surface area contributed by atoms with Crippen LogP contribution in [0.4, 0.5) is 0 Å². The van der Waals surface area contributed by atoms with E-state index in [9.17, 15) is 5.11 Å². The molecule has 1 radical (unpaired) electrons. The molecular formula is C15H15O2S. The lowest BCUT2D eigenvalue weighted by atomic mass is 10.2. The average Bonchev–Trinajstić information content (AvgIpc) is 2.34. The Morgan fingerprint density at radius 3 is 2.50 bits per heavy atom. The predicted octanol–water partition coefficient (Wildman–Crippen LogP) is 4.96. The van der Waals surface area contributed by atoms with Crippen LogP contribution < -0.4 is 4.74 Å². The summed E-state index contributed by atoms with van der Waals surface area (Å²) in [6.45, 7) is 3.97. The van der Waals surface area contributed by atoms with E-state index in [1.54, 1.807) is 23.9 Å². The van der Waals surface area contributed by atoms with Gasteiger partial charge in [-0.1, -0.05) is 6.07 Å². The lowest BCUT2D eigenvalue weighted by Crippen LogP contribution is -1.87. The van der Waals surface area contributed by atoms with Crippen molar-refractivity contribution in [1.29, 1.82) is 0 Å². The number of thioether (sulfide) groups is 1. The first-order chi connectivity index (χ1) is 8.60. The summed E-state index contributed by atoms with van der Waals surface area (Å²) < 4.78 is 5.65. The standard InChI is InChI=1S/C15H15O2S/c1-10-4-6-13(16)14(8-10)17-12-5-7-15(18-3)11(2)9-12/h4-9H,1-3H3. The van der Waals surface area contributed by atoms with Crippen molar-refractivity contribution < 1.29 is 9.84 Å². The molecule has 0 saturated heterocycles. The van der Waals surface area contributed by atoms with Crippen molar-refractivity contribution in [2.75, 3.05) is 6.26 Å². The van der Waals surface area contributed by atoms with Crippen molar-refractivity contribution in [3.8, 4) is 17.2 Å². The zero-order valence-electron chi connectivity index (χ0n) is 10.7. The Balaban J connectivity index is 2.28. The number of rotatable bonds is 3. The molecule has 18 heavy (non-hydrogen) atoms. The lowest BCUT2D eigenvalue weighted by molar-refractivity contribution is 0.329. The van der Waals surface area contributed by atoms with Crippen molar-refractivity contribution in [2.45, 2.75) is 18.7 Å². The Bertz CT molecular complexity index is 564. The second-order valence-corrected chi connectivity index (χ2v) is 5.03. The number of hydrogen-bond donors (Lipinski definition) is 0. The average molecular weight is 259 g/mol. The third-order valence-corrected chi connectivity index (χ3v) is 3.59. The van der Waals surface area contributed by atoms with E-state index in [1.165, 1.54) is 11.0 Å². The van der Waals surface area contributed by atoms with E-state index in [0.29, 0.717) is 11.5 Å². The van der Waals surface area contributed by atoms with E-state index in [4.69, 9.17) is 4.74 Å². The fourth-order valence-electron chi connectivity index (χ4n) is 1.74. The van der Waals surface area contributed by atoms with Crippen molar-refractivity contribution in [1.82, 2.24) is 0 Å². The second kappa shape index (κ2) is 5.36. The van der Waals surface area contributed by atoms with E-state index in [1.807, 2.05) is 38.3 Å². The molecular weight excluding hydrogens is 244 g/mol. The van der Waals surface area contributed by atoms with E-state index >= 15 is 0 Å². The SMILES string of the molecule is CSc1ccc(Oc2cc(C)ccc2[O])cc1C. The van der Waals surface area contributed by atoms with Gasteiger partial charge < -0.3 is 4.74 Å². The van der Waals surface area contributed by atoms with Crippen LogP contribution >= 0.6 is 11.8 Å². The molecule has 0 aliphatic carbocycles. The van der Waals surface area contributed by atoms with Gasteiger partial charge in [-0.2, -0.15) is 0 Å². The predicted molar refractivity (Wildman–Crippen MR) is 74.3 cm³/mol. The minimum Gasteiger partial charge on any atom is -0.453 e. The summed E-state index contributed by atoms with van der Waals surface area (Å²) in [5.74, 6) is 0.992. The zero-order valence-corrected chi connectivity index (χ0v) is 11.5. The van der Waals surface area contributed by atoms with Gasteiger partial charge >= 0.3 is 0 Å². The summed E-state index contributed by atoms with van der Waals surface area (Å²) in [5.41, 5.74) is 2.17. The maximum absolute atomic E-state index is 11.7. The molecule has 0 aliphatic heterocycles. The van der Waals surface area contributed by atoms with Gasteiger partial charge in [0.15, 0.2) is 5.75 Å². The normalized spacial score (nSPS) is 10.4. The zero-order chi connectivity index (χ0) is 13.1. The molecule has 2 aromatic carbocycles. The first-order valence-electron chi connectivity index (χ1n) is 5.70. The highest BCUT2D eigenvalue weighted by atomic mass is 32.2. The molecule has 0 unspecified atom stereocenters. The quantitative estimate of drug-likeness (QED) is 0.729. The van der Waals surface area contributed by atoms with Crippen LogP contribution in [0, 0.1) is 13.8 Å². The molecule has 0 heterocycles. The topological polar surface area (TPSA) is 29.1 Å². The number of hydrogen-bond acceptors (Lipinski definition) is 2. The number of ether oxygens (including phenoxy) is 1. The molecule has 0 bridgehead atoms. The van der Waals surface area contributed by atoms with Crippen LogP contribution in [0.3, 0.4) is 0 Å². The lowest BCUT2D eigenvalue weighted by Gasteiger charge is -2.09. The van der Waals surface area contributed by atoms with Crippen LogP contribution in [-0.4, -0.2) is 6.26 Å². The molecule has 0 aliphatic rings. The summed E-state index contributed by atoms with van der Waals surface area (Å²) in [4.78, 5) is 1.22. The fraction of sp³-hybridized carbons (Fsp3) is 0.200. The van der Waals surface area contributed by atoms with Gasteiger partial charge in [-0.15, -0.1) is 11.8 Å². The van der Waals surface area contributed by atoms with Crippen LogP contribution in [0.5, 0.6) is 17.2 Å². The van der Waals surface area contributed by atoms with E-state index < -0.39 is 0 Å². The monoisotopic (exact) mass is 259 g/mol. The minimum atomic E-state index is -0.0906. The Morgan fingerprint density at radius 1 is 1.06 bits per heavy atom. The van der Waals surface area contributed by atoms with Gasteiger partial charge in [-0.3, -0.25) is 5.11 Å². The van der Waals surface area contributed by atoms with Crippen LogP contribution in [0.2, 0.25) is 0 Å². The Hall–Kier alpha value is -1.61. The molecule has 0 aromatic heterocycles. The molecule has 0 saturated carbocycles. The Labute approximate surface area is 112 Å². The molecule has 0 amide bonds. The Morgan fingerprint density at radius 2 is 1.83 bits per heavy atom. The highest BCUT2D eigenvalue weighted by molar-refractivity contribution is 7.98. The van der Waals surface area contributed by atoms with Gasteiger partial charge in [0.1, 0.15) is 5.75 Å². The Kier molecular flexibility index (Phi) is 3.82. The molecule has 2 rings (SSSR count). The van der Waals surface area contributed by atoms with Gasteiger partial charge in [0.25, 0.3) is 0 Å². The molecule has 0 N–H and O–H groups in total. The second-order valence-electron chi connectivity index (χ2n) is 4.18. The van der Waals surface area contributed by atoms with E-state index in [-0.39, 0.29) is 5.75 Å². The molecule has 2 nitrogen and oxygen atoms in total. The highest BCUT2D eigenvalue weighted by Gasteiger charge is 2.07. The smallest absolute Gasteiger partial charge is 0.221 e. The number of aryl methyl sites for hydroxylation is 2. The molecule has 0 atom stereocenters. The highest BCUT2D eigenvalue weighted by Crippen LogP contribution is 2.33. The molecule has 0 fully saturated rings. The van der Waals surface area contributed by atoms with Crippen molar-refractivity contribution >= 4 is 11.8 Å². The first kappa shape index (κ1) is 12.8. The van der Waals surface area contributed by atoms with Gasteiger partial charge in [-0.25, -0.2) is 0 Å². The van der Waals surface area contributed by atoms with Crippen molar-refractivity contribution in [3.05, 3.63) is 47.5 Å². The summed E-state index contributed by atoms with van der Waals surface area (Å²) >= 11 is 1.70. The maximum Gasteiger partial charge on any atom is 0.221 e. The minimum absolute atomic E-state index is 0.0906. The van der Waals surface area contributed by atoms with Crippen LogP contribution in [-0.2, 0) is 5.11 Å². The summed E-state index contributed by atoms with van der Waals surface area (Å²) in [6, 6.07) is 10.9. The fourth-order valence-corrected chi connectivity index (χ4v) is 2.32. The molecule has 3 heteroatoms. The third-order valence-electron chi connectivity index (χ3n) is 2.69. The number of benzene rings is 2. The van der Waals surface area contributed by atoms with Crippen LogP contribution in [0.1, 0.15) is 11.1 Å². The molecule has 0 spiro atoms. The van der Waals surface area contributed by atoms with Crippen molar-refractivity contribution in [2.24, 2.45) is 0 Å². The maximum atomic E-state index is 11.7. The van der Waals surface area contributed by atoms with E-state index in [2.05, 4.69) is 0 Å². The van der Waals surface area contributed by atoms with Crippen LogP contribution in [0.15, 0.2) is 41.3 Å². The molecule has 2 aromatic rings. The largest absolute Gasteiger partial charge is 0.453 e. The van der Waals surface area contributed by atoms with E-state index in [0.717, 1.165) is 11.1 Å². The first-order valence-corrected chi connectivity index (χ1v) is 6.93. The summed E-state index contributed by atoms with van der Waals surface area (Å²) in [5, 5.41) is 11.7. The van der Waals surface area contributed by atoms with Gasteiger partial charge in [0.05, 0.1) is 0 Å². The third kappa shape index (κ3) is 2.79. The van der Waals surface area contributed by atoms with Crippen LogP contribution in [0.25, 0.3) is 0 Å². The van der Waals surface area contributed by atoms with Crippen molar-refractivity contribution in [3.63, 3.8) is 0 Å². The molecule has 93 valence electrons. The van der Waals surface area contributed by atoms with Gasteiger partial charge in [-0.05, 0) is 61.6 Å². The summed E-state index contributed by atoms with van der Waals surface area (Å²) in [7, 11) is 0.